The number of esters is 1. The average Bonchev–Trinajstić information content (AvgIpc) is 2.91. The second-order valence-corrected chi connectivity index (χ2v) is 4.68. The molecule has 1 aromatic heterocycles. The molecule has 1 N–H and O–H groups in total. The van der Waals surface area contributed by atoms with Crippen molar-refractivity contribution in [1.29, 1.82) is 0 Å². The Kier molecular flexibility index (Phi) is 2.82. The van der Waals surface area contributed by atoms with Crippen molar-refractivity contribution >= 4 is 11.8 Å². The summed E-state index contributed by atoms with van der Waals surface area (Å²) >= 11 is 0. The summed E-state index contributed by atoms with van der Waals surface area (Å²) in [5.41, 5.74) is 0.630. The molecule has 0 bridgehead atoms. The number of aromatic hydroxyl groups is 1. The monoisotopic (exact) mass is 272 g/mol. The van der Waals surface area contributed by atoms with Crippen LogP contribution in [-0.4, -0.2) is 16.9 Å². The number of ether oxygens (including phenoxy) is 1. The minimum absolute atomic E-state index is 0.0649. The first kappa shape index (κ1) is 12.5. The molecule has 0 spiro atoms. The molecule has 0 fully saturated rings. The van der Waals surface area contributed by atoms with Gasteiger partial charge in [-0.2, -0.15) is 0 Å². The summed E-state index contributed by atoms with van der Waals surface area (Å²) in [6.07, 6.45) is 1.57. The SMILES string of the molecule is CC(=O)c1ccc2c(c1O)[C@H](c1ccco1)CC(=O)O2. The van der Waals surface area contributed by atoms with Crippen LogP contribution in [0, 0.1) is 0 Å². The predicted molar refractivity (Wildman–Crippen MR) is 68.9 cm³/mol. The molecule has 2 aromatic rings. The Balaban J connectivity index is 2.21. The zero-order valence-electron chi connectivity index (χ0n) is 10.8. The molecule has 0 saturated carbocycles. The lowest BCUT2D eigenvalue weighted by molar-refractivity contribution is -0.135. The smallest absolute Gasteiger partial charge is 0.312 e. The summed E-state index contributed by atoms with van der Waals surface area (Å²) in [6.45, 7) is 1.37. The quantitative estimate of drug-likeness (QED) is 0.516. The number of fused-ring (bicyclic) bond motifs is 1. The molecule has 5 heteroatoms. The third kappa shape index (κ3) is 1.87. The number of benzene rings is 1. The van der Waals surface area contributed by atoms with Gasteiger partial charge in [0.15, 0.2) is 5.78 Å². The summed E-state index contributed by atoms with van der Waals surface area (Å²) in [5.74, 6) is -0.414. The molecule has 0 amide bonds. The Labute approximate surface area is 114 Å². The second kappa shape index (κ2) is 4.52. The van der Waals surface area contributed by atoms with Crippen LogP contribution in [0.5, 0.6) is 11.5 Å². The summed E-state index contributed by atoms with van der Waals surface area (Å²) in [4.78, 5) is 23.2. The van der Waals surface area contributed by atoms with Crippen molar-refractivity contribution in [3.8, 4) is 11.5 Å². The number of furan rings is 1. The van der Waals surface area contributed by atoms with Crippen molar-refractivity contribution in [2.75, 3.05) is 0 Å². The Morgan fingerprint density at radius 1 is 1.35 bits per heavy atom. The van der Waals surface area contributed by atoms with Gasteiger partial charge >= 0.3 is 5.97 Å². The first-order valence-electron chi connectivity index (χ1n) is 6.19. The van der Waals surface area contributed by atoms with Crippen LogP contribution in [0.1, 0.15) is 40.9 Å². The normalized spacial score (nSPS) is 17.4. The van der Waals surface area contributed by atoms with Gasteiger partial charge < -0.3 is 14.3 Å². The predicted octanol–water partition coefficient (Wildman–Crippen LogP) is 2.63. The van der Waals surface area contributed by atoms with Crippen molar-refractivity contribution in [2.45, 2.75) is 19.3 Å². The first-order valence-corrected chi connectivity index (χ1v) is 6.19. The number of Topliss-reactive ketones (excluding diaryl/α,β-unsaturated/α-hetero) is 1. The van der Waals surface area contributed by atoms with E-state index < -0.39 is 11.9 Å². The van der Waals surface area contributed by atoms with Gasteiger partial charge in [-0.3, -0.25) is 9.59 Å². The van der Waals surface area contributed by atoms with E-state index >= 15 is 0 Å². The highest BCUT2D eigenvalue weighted by Gasteiger charge is 2.34. The summed E-state index contributed by atoms with van der Waals surface area (Å²) < 4.78 is 10.5. The molecule has 0 saturated heterocycles. The fourth-order valence-electron chi connectivity index (χ4n) is 2.46. The lowest BCUT2D eigenvalue weighted by Crippen LogP contribution is -2.21. The topological polar surface area (TPSA) is 76.7 Å². The van der Waals surface area contributed by atoms with Crippen molar-refractivity contribution < 1.29 is 23.8 Å². The van der Waals surface area contributed by atoms with E-state index in [1.54, 1.807) is 12.1 Å². The number of phenolic OH excluding ortho intramolecular Hbond substituents is 1. The molecule has 102 valence electrons. The molecule has 1 aromatic carbocycles. The second-order valence-electron chi connectivity index (χ2n) is 4.68. The highest BCUT2D eigenvalue weighted by atomic mass is 16.5. The van der Waals surface area contributed by atoms with E-state index in [9.17, 15) is 14.7 Å². The van der Waals surface area contributed by atoms with Crippen LogP contribution in [0.3, 0.4) is 0 Å². The van der Waals surface area contributed by atoms with Gasteiger partial charge in [0.05, 0.1) is 24.2 Å². The van der Waals surface area contributed by atoms with Gasteiger partial charge in [0.1, 0.15) is 17.3 Å². The minimum atomic E-state index is -0.444. The molecule has 20 heavy (non-hydrogen) atoms. The van der Waals surface area contributed by atoms with Crippen molar-refractivity contribution in [1.82, 2.24) is 0 Å². The Bertz CT molecular complexity index is 685. The largest absolute Gasteiger partial charge is 0.507 e. The lowest BCUT2D eigenvalue weighted by atomic mass is 9.88. The van der Waals surface area contributed by atoms with Gasteiger partial charge in [-0.15, -0.1) is 0 Å². The third-order valence-corrected chi connectivity index (χ3v) is 3.39. The van der Waals surface area contributed by atoms with Crippen LogP contribution in [-0.2, 0) is 4.79 Å². The maximum absolute atomic E-state index is 11.6. The van der Waals surface area contributed by atoms with Crippen LogP contribution in [0.4, 0.5) is 0 Å². The van der Waals surface area contributed by atoms with Crippen LogP contribution >= 0.6 is 0 Å². The van der Waals surface area contributed by atoms with Gasteiger partial charge in [0, 0.05) is 5.56 Å². The molecular weight excluding hydrogens is 260 g/mol. The summed E-state index contributed by atoms with van der Waals surface area (Å²) in [5, 5.41) is 10.3. The van der Waals surface area contributed by atoms with Gasteiger partial charge in [0.2, 0.25) is 0 Å². The van der Waals surface area contributed by atoms with Crippen LogP contribution in [0.15, 0.2) is 34.9 Å². The number of carbonyl (C=O) groups is 2. The van der Waals surface area contributed by atoms with Gasteiger partial charge in [0.25, 0.3) is 0 Å². The van der Waals surface area contributed by atoms with E-state index in [0.29, 0.717) is 11.3 Å². The molecular formula is C15H12O5. The van der Waals surface area contributed by atoms with Crippen molar-refractivity contribution in [3.63, 3.8) is 0 Å². The van der Waals surface area contributed by atoms with Gasteiger partial charge in [-0.1, -0.05) is 0 Å². The lowest BCUT2D eigenvalue weighted by Gasteiger charge is -2.24. The van der Waals surface area contributed by atoms with E-state index in [2.05, 4.69) is 0 Å². The molecule has 2 heterocycles. The maximum atomic E-state index is 11.6. The zero-order chi connectivity index (χ0) is 14.3. The Hall–Kier alpha value is -2.56. The summed E-state index contributed by atoms with van der Waals surface area (Å²) in [7, 11) is 0. The molecule has 0 unspecified atom stereocenters. The average molecular weight is 272 g/mol. The zero-order valence-corrected chi connectivity index (χ0v) is 10.8. The molecule has 1 aliphatic rings. The minimum Gasteiger partial charge on any atom is -0.507 e. The number of phenols is 1. The van der Waals surface area contributed by atoms with Crippen LogP contribution < -0.4 is 4.74 Å². The van der Waals surface area contributed by atoms with Crippen LogP contribution in [0.2, 0.25) is 0 Å². The van der Waals surface area contributed by atoms with Crippen molar-refractivity contribution in [2.24, 2.45) is 0 Å². The van der Waals surface area contributed by atoms with E-state index in [1.165, 1.54) is 25.3 Å². The number of ketones is 1. The highest BCUT2D eigenvalue weighted by Crippen LogP contribution is 2.45. The first-order chi connectivity index (χ1) is 9.58. The third-order valence-electron chi connectivity index (χ3n) is 3.39. The number of carbonyl (C=O) groups excluding carboxylic acids is 2. The van der Waals surface area contributed by atoms with E-state index in [0.717, 1.165) is 0 Å². The highest BCUT2D eigenvalue weighted by molar-refractivity contribution is 5.98. The number of hydrogen-bond donors (Lipinski definition) is 1. The maximum Gasteiger partial charge on any atom is 0.312 e. The molecule has 5 nitrogen and oxygen atoms in total. The van der Waals surface area contributed by atoms with E-state index in [4.69, 9.17) is 9.15 Å². The van der Waals surface area contributed by atoms with Crippen LogP contribution in [0.25, 0.3) is 0 Å². The number of hydrogen-bond acceptors (Lipinski definition) is 5. The van der Waals surface area contributed by atoms with Gasteiger partial charge in [-0.25, -0.2) is 0 Å². The van der Waals surface area contributed by atoms with E-state index in [1.807, 2.05) is 0 Å². The molecule has 1 atom stereocenters. The standard InChI is InChI=1S/C15H12O5/c1-8(16)9-4-5-12-14(15(9)18)10(7-13(17)20-12)11-3-2-6-19-11/h2-6,10,18H,7H2,1H3/t10-/m0/s1. The molecule has 1 aliphatic heterocycles. The fraction of sp³-hybridized carbons (Fsp3) is 0.200. The fourth-order valence-corrected chi connectivity index (χ4v) is 2.46. The van der Waals surface area contributed by atoms with Gasteiger partial charge in [-0.05, 0) is 31.2 Å². The molecule has 0 aliphatic carbocycles. The molecule has 0 radical (unpaired) electrons. The Morgan fingerprint density at radius 3 is 2.80 bits per heavy atom. The Morgan fingerprint density at radius 2 is 2.15 bits per heavy atom. The molecule has 3 rings (SSSR count). The van der Waals surface area contributed by atoms with E-state index in [-0.39, 0.29) is 29.3 Å². The summed E-state index contributed by atoms with van der Waals surface area (Å²) in [6, 6.07) is 6.42. The van der Waals surface area contributed by atoms with Crippen molar-refractivity contribution in [3.05, 3.63) is 47.4 Å². The number of rotatable bonds is 2.